The third-order valence-corrected chi connectivity index (χ3v) is 1.60. The van der Waals surface area contributed by atoms with Gasteiger partial charge >= 0.3 is 0 Å². The van der Waals surface area contributed by atoms with E-state index in [2.05, 4.69) is 16.4 Å². The van der Waals surface area contributed by atoms with E-state index >= 15 is 0 Å². The van der Waals surface area contributed by atoms with Crippen molar-refractivity contribution >= 4 is 0 Å². The van der Waals surface area contributed by atoms with E-state index in [1.165, 1.54) is 11.0 Å². The predicted molar refractivity (Wildman–Crippen MR) is 44.9 cm³/mol. The summed E-state index contributed by atoms with van der Waals surface area (Å²) < 4.78 is 0. The molecule has 4 heteroatoms. The normalized spacial score (nSPS) is 9.46. The summed E-state index contributed by atoms with van der Waals surface area (Å²) in [7, 11) is 0. The first-order valence-electron chi connectivity index (χ1n) is 3.69. The first-order chi connectivity index (χ1) is 6.40. The molecule has 13 heavy (non-hydrogen) atoms. The molecule has 1 aromatic heterocycles. The zero-order valence-electron chi connectivity index (χ0n) is 6.68. The Balaban J connectivity index is 2.40. The monoisotopic (exact) mass is 169 g/mol. The summed E-state index contributed by atoms with van der Waals surface area (Å²) in [6, 6.07) is 9.05. The van der Waals surface area contributed by atoms with Crippen LogP contribution in [-0.4, -0.2) is 15.0 Å². The molecule has 0 aliphatic rings. The van der Waals surface area contributed by atoms with Crippen LogP contribution >= 0.6 is 0 Å². The minimum atomic E-state index is 0.625. The zero-order chi connectivity index (χ0) is 9.10. The molecule has 0 bridgehead atoms. The topological polar surface area (TPSA) is 54.5 Å². The number of hydrogen-bond acceptors (Lipinski definition) is 3. The Kier molecular flexibility index (Phi) is 1.77. The lowest BCUT2D eigenvalue weighted by Gasteiger charge is -1.97. The highest BCUT2D eigenvalue weighted by Crippen LogP contribution is 2.05. The fourth-order valence-corrected chi connectivity index (χ4v) is 0.981. The maximum absolute atomic E-state index is 8.56. The number of nitriles is 1. The van der Waals surface area contributed by atoms with Crippen LogP contribution < -0.4 is 0 Å². The van der Waals surface area contributed by atoms with E-state index in [9.17, 15) is 0 Å². The van der Waals surface area contributed by atoms with Gasteiger partial charge in [0.1, 0.15) is 6.20 Å². The second-order valence-electron chi connectivity index (χ2n) is 2.42. The zero-order valence-corrected chi connectivity index (χ0v) is 6.68. The van der Waals surface area contributed by atoms with E-state index in [0.717, 1.165) is 5.69 Å². The molecule has 2 aromatic rings. The Labute approximate surface area is 75.0 Å². The second-order valence-corrected chi connectivity index (χ2v) is 2.42. The van der Waals surface area contributed by atoms with Crippen molar-refractivity contribution in [1.82, 2.24) is 15.0 Å². The van der Waals surface area contributed by atoms with Crippen LogP contribution in [0.5, 0.6) is 0 Å². The average molecular weight is 169 g/mol. The summed E-state index contributed by atoms with van der Waals surface area (Å²) in [5.74, 6) is 0. The fourth-order valence-electron chi connectivity index (χ4n) is 0.981. The Morgan fingerprint density at radius 1 is 1.31 bits per heavy atom. The van der Waals surface area contributed by atoms with Crippen molar-refractivity contribution in [2.24, 2.45) is 0 Å². The molecule has 0 aliphatic carbocycles. The lowest BCUT2D eigenvalue weighted by molar-refractivity contribution is 0.750. The smallest absolute Gasteiger partial charge is 0.135 e. The summed E-state index contributed by atoms with van der Waals surface area (Å²) in [5.41, 5.74) is 1.44. The van der Waals surface area contributed by atoms with E-state index in [1.54, 1.807) is 24.3 Å². The largest absolute Gasteiger partial charge is 0.192 e. The van der Waals surface area contributed by atoms with E-state index in [-0.39, 0.29) is 0 Å². The summed E-state index contributed by atoms with van der Waals surface area (Å²) in [6.07, 6.45) is 4.08. The van der Waals surface area contributed by atoms with Crippen LogP contribution in [0.15, 0.2) is 30.5 Å². The van der Waals surface area contributed by atoms with Crippen molar-refractivity contribution in [2.45, 2.75) is 0 Å². The van der Waals surface area contributed by atoms with Crippen LogP contribution in [-0.2, 0) is 0 Å². The molecule has 1 radical (unpaired) electrons. The number of benzene rings is 1. The van der Waals surface area contributed by atoms with Crippen LogP contribution in [0.4, 0.5) is 0 Å². The highest BCUT2D eigenvalue weighted by Gasteiger charge is 1.96. The van der Waals surface area contributed by atoms with E-state index in [1.807, 2.05) is 6.07 Å². The van der Waals surface area contributed by atoms with Gasteiger partial charge in [0.05, 0.1) is 23.5 Å². The maximum atomic E-state index is 8.56. The summed E-state index contributed by atoms with van der Waals surface area (Å²) >= 11 is 0. The molecule has 0 spiro atoms. The number of rotatable bonds is 1. The van der Waals surface area contributed by atoms with Gasteiger partial charge in [-0.3, -0.25) is 0 Å². The first kappa shape index (κ1) is 7.50. The van der Waals surface area contributed by atoms with Crippen molar-refractivity contribution in [1.29, 1.82) is 5.26 Å². The van der Waals surface area contributed by atoms with Crippen LogP contribution in [0.1, 0.15) is 5.56 Å². The van der Waals surface area contributed by atoms with Gasteiger partial charge in [-0.05, 0) is 24.3 Å². The van der Waals surface area contributed by atoms with Crippen molar-refractivity contribution in [3.8, 4) is 11.8 Å². The van der Waals surface area contributed by atoms with Crippen molar-refractivity contribution in [2.75, 3.05) is 0 Å². The number of nitrogens with zero attached hydrogens (tertiary/aromatic N) is 4. The predicted octanol–water partition coefficient (Wildman–Crippen LogP) is 0.939. The SMILES string of the molecule is N#Cc1ccc(-n2n[c]cn2)cc1. The third kappa shape index (κ3) is 1.40. The molecule has 61 valence electrons. The molecule has 1 heterocycles. The molecule has 2 rings (SSSR count). The minimum absolute atomic E-state index is 0.625. The molecule has 0 saturated carbocycles. The number of hydrogen-bond donors (Lipinski definition) is 0. The Morgan fingerprint density at radius 3 is 2.62 bits per heavy atom. The molecule has 0 fully saturated rings. The van der Waals surface area contributed by atoms with Crippen molar-refractivity contribution < 1.29 is 0 Å². The van der Waals surface area contributed by atoms with Crippen LogP contribution in [0.2, 0.25) is 0 Å². The molecule has 0 atom stereocenters. The molecule has 4 nitrogen and oxygen atoms in total. The van der Waals surface area contributed by atoms with Crippen molar-refractivity contribution in [3.05, 3.63) is 42.2 Å². The maximum Gasteiger partial charge on any atom is 0.135 e. The Hall–Kier alpha value is -2.15. The lowest BCUT2D eigenvalue weighted by atomic mass is 10.2. The summed E-state index contributed by atoms with van der Waals surface area (Å²) in [4.78, 5) is 1.45. The molecular formula is C9H5N4. The van der Waals surface area contributed by atoms with Crippen LogP contribution in [0.25, 0.3) is 5.69 Å². The molecular weight excluding hydrogens is 164 g/mol. The summed E-state index contributed by atoms with van der Waals surface area (Å²) in [6.45, 7) is 0. The molecule has 0 saturated heterocycles. The molecule has 0 aliphatic heterocycles. The van der Waals surface area contributed by atoms with Gasteiger partial charge in [0.2, 0.25) is 0 Å². The van der Waals surface area contributed by atoms with E-state index < -0.39 is 0 Å². The Morgan fingerprint density at radius 2 is 2.08 bits per heavy atom. The molecule has 0 N–H and O–H groups in total. The van der Waals surface area contributed by atoms with Gasteiger partial charge in [-0.25, -0.2) is 0 Å². The molecule has 0 amide bonds. The van der Waals surface area contributed by atoms with Gasteiger partial charge in [0.15, 0.2) is 0 Å². The van der Waals surface area contributed by atoms with Gasteiger partial charge in [-0.2, -0.15) is 15.2 Å². The van der Waals surface area contributed by atoms with Gasteiger partial charge < -0.3 is 0 Å². The quantitative estimate of drug-likeness (QED) is 0.638. The lowest BCUT2D eigenvalue weighted by Crippen LogP contribution is -1.97. The van der Waals surface area contributed by atoms with E-state index in [4.69, 9.17) is 5.26 Å². The average Bonchev–Trinajstić information content (AvgIpc) is 2.71. The molecule has 1 aromatic carbocycles. The standard InChI is InChI=1S/C9H5N4/c10-7-8-1-3-9(4-2-8)13-11-5-6-12-13/h1-5H. The van der Waals surface area contributed by atoms with Crippen molar-refractivity contribution in [3.63, 3.8) is 0 Å². The third-order valence-electron chi connectivity index (χ3n) is 1.60. The van der Waals surface area contributed by atoms with Gasteiger partial charge in [0, 0.05) is 0 Å². The minimum Gasteiger partial charge on any atom is -0.192 e. The highest BCUT2D eigenvalue weighted by molar-refractivity contribution is 5.37. The second kappa shape index (κ2) is 3.07. The Bertz CT molecular complexity index is 422. The van der Waals surface area contributed by atoms with Crippen LogP contribution in [0, 0.1) is 17.5 Å². The highest BCUT2D eigenvalue weighted by atomic mass is 15.5. The fraction of sp³-hybridized carbons (Fsp3) is 0. The first-order valence-corrected chi connectivity index (χ1v) is 3.69. The number of aromatic nitrogens is 3. The molecule has 0 unspecified atom stereocenters. The van der Waals surface area contributed by atoms with Gasteiger partial charge in [-0.15, -0.1) is 5.10 Å². The van der Waals surface area contributed by atoms with E-state index in [0.29, 0.717) is 5.56 Å². The van der Waals surface area contributed by atoms with Crippen LogP contribution in [0.3, 0.4) is 0 Å². The van der Waals surface area contributed by atoms with Gasteiger partial charge in [-0.1, -0.05) is 0 Å². The van der Waals surface area contributed by atoms with Gasteiger partial charge in [0.25, 0.3) is 0 Å². The summed E-state index contributed by atoms with van der Waals surface area (Å²) in [5, 5.41) is 16.3.